The van der Waals surface area contributed by atoms with Crippen LogP contribution < -0.4 is 4.74 Å². The number of ether oxygens (including phenoxy) is 1. The Bertz CT molecular complexity index is 713. The zero-order valence-electron chi connectivity index (χ0n) is 14.9. The molecule has 3 heteroatoms. The summed E-state index contributed by atoms with van der Waals surface area (Å²) in [6.07, 6.45) is 4.32. The van der Waals surface area contributed by atoms with Crippen molar-refractivity contribution in [1.82, 2.24) is 4.90 Å². The van der Waals surface area contributed by atoms with E-state index in [1.54, 1.807) is 7.11 Å². The first-order valence-corrected chi connectivity index (χ1v) is 9.34. The molecule has 1 saturated heterocycles. The molecule has 3 nitrogen and oxygen atoms in total. The monoisotopic (exact) mass is 337 g/mol. The molecule has 0 aromatic heterocycles. The van der Waals surface area contributed by atoms with Gasteiger partial charge in [-0.1, -0.05) is 36.4 Å². The van der Waals surface area contributed by atoms with Crippen LogP contribution in [0.3, 0.4) is 0 Å². The van der Waals surface area contributed by atoms with Crippen LogP contribution in [-0.4, -0.2) is 42.9 Å². The molecule has 0 atom stereocenters. The van der Waals surface area contributed by atoms with Gasteiger partial charge in [0.2, 0.25) is 0 Å². The van der Waals surface area contributed by atoms with Crippen molar-refractivity contribution in [2.45, 2.75) is 37.2 Å². The number of hydrogen-bond acceptors (Lipinski definition) is 3. The molecule has 1 aliphatic carbocycles. The molecule has 2 fully saturated rings. The van der Waals surface area contributed by atoms with Crippen LogP contribution in [0.5, 0.6) is 5.75 Å². The predicted molar refractivity (Wildman–Crippen MR) is 101 cm³/mol. The molecule has 1 heterocycles. The van der Waals surface area contributed by atoms with Gasteiger partial charge in [0.15, 0.2) is 0 Å². The lowest BCUT2D eigenvalue weighted by Gasteiger charge is -2.33. The Labute approximate surface area is 150 Å². The summed E-state index contributed by atoms with van der Waals surface area (Å²) in [6, 6.07) is 17.3. The van der Waals surface area contributed by atoms with Crippen LogP contribution >= 0.6 is 0 Å². The summed E-state index contributed by atoms with van der Waals surface area (Å²) in [4.78, 5) is 2.54. The highest BCUT2D eigenvalue weighted by atomic mass is 16.5. The zero-order valence-corrected chi connectivity index (χ0v) is 14.9. The van der Waals surface area contributed by atoms with Gasteiger partial charge in [0.1, 0.15) is 5.75 Å². The van der Waals surface area contributed by atoms with Gasteiger partial charge >= 0.3 is 0 Å². The smallest absolute Gasteiger partial charge is 0.119 e. The van der Waals surface area contributed by atoms with E-state index in [1.807, 2.05) is 12.1 Å². The van der Waals surface area contributed by atoms with E-state index in [0.717, 1.165) is 38.2 Å². The van der Waals surface area contributed by atoms with Gasteiger partial charge in [-0.3, -0.25) is 0 Å². The Morgan fingerprint density at radius 2 is 1.76 bits per heavy atom. The minimum atomic E-state index is -0.0893. The minimum Gasteiger partial charge on any atom is -0.497 e. The van der Waals surface area contributed by atoms with Crippen molar-refractivity contribution in [2.24, 2.45) is 0 Å². The van der Waals surface area contributed by atoms with Gasteiger partial charge in [-0.2, -0.15) is 0 Å². The second-order valence-corrected chi connectivity index (χ2v) is 7.60. The first-order valence-electron chi connectivity index (χ1n) is 9.34. The third-order valence-corrected chi connectivity index (χ3v) is 5.84. The Morgan fingerprint density at radius 3 is 2.40 bits per heavy atom. The van der Waals surface area contributed by atoms with Gasteiger partial charge in [-0.05, 0) is 54.5 Å². The summed E-state index contributed by atoms with van der Waals surface area (Å²) < 4.78 is 5.33. The molecule has 4 rings (SSSR count). The molecule has 0 amide bonds. The van der Waals surface area contributed by atoms with Gasteiger partial charge < -0.3 is 14.7 Å². The number of likely N-dealkylation sites (tertiary alicyclic amines) is 1. The van der Waals surface area contributed by atoms with E-state index < -0.39 is 0 Å². The maximum Gasteiger partial charge on any atom is 0.119 e. The van der Waals surface area contributed by atoms with Crippen LogP contribution in [0.25, 0.3) is 11.1 Å². The number of nitrogens with zero attached hydrogens (tertiary/aromatic N) is 1. The lowest BCUT2D eigenvalue weighted by atomic mass is 9.92. The fourth-order valence-electron chi connectivity index (χ4n) is 4.01. The van der Waals surface area contributed by atoms with Crippen molar-refractivity contribution in [2.75, 3.05) is 26.7 Å². The molecule has 1 N–H and O–H groups in total. The van der Waals surface area contributed by atoms with E-state index in [1.165, 1.54) is 29.5 Å². The van der Waals surface area contributed by atoms with Crippen molar-refractivity contribution in [3.8, 4) is 16.9 Å². The van der Waals surface area contributed by atoms with Crippen LogP contribution in [0.2, 0.25) is 0 Å². The second-order valence-electron chi connectivity index (χ2n) is 7.60. The van der Waals surface area contributed by atoms with E-state index in [2.05, 4.69) is 41.3 Å². The lowest BCUT2D eigenvalue weighted by Crippen LogP contribution is -2.40. The van der Waals surface area contributed by atoms with Crippen molar-refractivity contribution < 1.29 is 9.84 Å². The normalized spacial score (nSPS) is 20.4. The molecule has 1 aliphatic heterocycles. The summed E-state index contributed by atoms with van der Waals surface area (Å²) in [5, 5.41) is 9.70. The van der Waals surface area contributed by atoms with E-state index >= 15 is 0 Å². The summed E-state index contributed by atoms with van der Waals surface area (Å²) >= 11 is 0. The van der Waals surface area contributed by atoms with Crippen LogP contribution in [-0.2, 0) is 5.41 Å². The highest BCUT2D eigenvalue weighted by Crippen LogP contribution is 2.49. The van der Waals surface area contributed by atoms with E-state index in [9.17, 15) is 5.11 Å². The van der Waals surface area contributed by atoms with Crippen LogP contribution in [0.4, 0.5) is 0 Å². The fourth-order valence-corrected chi connectivity index (χ4v) is 4.01. The van der Waals surface area contributed by atoms with Gasteiger partial charge in [-0.15, -0.1) is 0 Å². The number of piperidine rings is 1. The molecular formula is C22H27NO2. The van der Waals surface area contributed by atoms with E-state index in [-0.39, 0.29) is 6.10 Å². The third kappa shape index (κ3) is 3.58. The first kappa shape index (κ1) is 16.6. The maximum atomic E-state index is 9.70. The van der Waals surface area contributed by atoms with Gasteiger partial charge in [0.05, 0.1) is 13.2 Å². The van der Waals surface area contributed by atoms with E-state index in [4.69, 9.17) is 4.74 Å². The van der Waals surface area contributed by atoms with Crippen molar-refractivity contribution in [3.05, 3.63) is 54.1 Å². The van der Waals surface area contributed by atoms with Crippen LogP contribution in [0, 0.1) is 0 Å². The first-order chi connectivity index (χ1) is 12.2. The predicted octanol–water partition coefficient (Wildman–Crippen LogP) is 3.85. The third-order valence-electron chi connectivity index (χ3n) is 5.84. The van der Waals surface area contributed by atoms with Crippen molar-refractivity contribution in [3.63, 3.8) is 0 Å². The number of methoxy groups -OCH3 is 1. The average molecular weight is 337 g/mol. The summed E-state index contributed by atoms with van der Waals surface area (Å²) in [7, 11) is 1.71. The summed E-state index contributed by atoms with van der Waals surface area (Å²) in [5.74, 6) is 0.896. The molecule has 2 aromatic rings. The number of rotatable bonds is 5. The molecule has 0 spiro atoms. The number of aliphatic hydroxyl groups excluding tert-OH is 1. The topological polar surface area (TPSA) is 32.7 Å². The Balaban J connectivity index is 1.48. The number of aliphatic hydroxyl groups is 1. The summed E-state index contributed by atoms with van der Waals surface area (Å²) in [6.45, 7) is 3.20. The lowest BCUT2D eigenvalue weighted by molar-refractivity contribution is 0.0780. The number of hydrogen-bond donors (Lipinski definition) is 1. The molecule has 2 aliphatic rings. The Hall–Kier alpha value is -1.84. The molecule has 2 aromatic carbocycles. The van der Waals surface area contributed by atoms with Gasteiger partial charge in [0.25, 0.3) is 0 Å². The Morgan fingerprint density at radius 1 is 1.04 bits per heavy atom. The molecule has 132 valence electrons. The molecular weight excluding hydrogens is 310 g/mol. The molecule has 0 bridgehead atoms. The number of benzene rings is 2. The van der Waals surface area contributed by atoms with Gasteiger partial charge in [-0.25, -0.2) is 0 Å². The molecule has 0 unspecified atom stereocenters. The van der Waals surface area contributed by atoms with Crippen LogP contribution in [0.1, 0.15) is 31.2 Å². The average Bonchev–Trinajstić information content (AvgIpc) is 3.44. The SMILES string of the molecule is COc1cccc(-c2ccc(C3(CN4CCC(O)CC4)CC3)cc2)c1. The molecule has 0 radical (unpaired) electrons. The van der Waals surface area contributed by atoms with Crippen LogP contribution in [0.15, 0.2) is 48.5 Å². The van der Waals surface area contributed by atoms with Gasteiger partial charge in [0, 0.05) is 25.0 Å². The fraction of sp³-hybridized carbons (Fsp3) is 0.455. The van der Waals surface area contributed by atoms with Crippen molar-refractivity contribution >= 4 is 0 Å². The highest BCUT2D eigenvalue weighted by Gasteiger charge is 2.45. The molecule has 25 heavy (non-hydrogen) atoms. The minimum absolute atomic E-state index is 0.0893. The summed E-state index contributed by atoms with van der Waals surface area (Å²) in [5.41, 5.74) is 4.24. The highest BCUT2D eigenvalue weighted by molar-refractivity contribution is 5.65. The van der Waals surface area contributed by atoms with E-state index in [0.29, 0.717) is 5.41 Å². The maximum absolute atomic E-state index is 9.70. The quantitative estimate of drug-likeness (QED) is 0.899. The largest absolute Gasteiger partial charge is 0.497 e. The zero-order chi connectivity index (χ0) is 17.3. The Kier molecular flexibility index (Phi) is 4.53. The standard InChI is InChI=1S/C22H27NO2/c1-25-21-4-2-3-18(15-21)17-5-7-19(8-6-17)22(11-12-22)16-23-13-9-20(24)10-14-23/h2-8,15,20,24H,9-14,16H2,1H3. The van der Waals surface area contributed by atoms with Crippen molar-refractivity contribution in [1.29, 1.82) is 0 Å². The second kappa shape index (κ2) is 6.81. The molecule has 1 saturated carbocycles.